The predicted octanol–water partition coefficient (Wildman–Crippen LogP) is 2.09. The third-order valence-corrected chi connectivity index (χ3v) is 2.06. The Morgan fingerprint density at radius 1 is 1.47 bits per heavy atom. The average Bonchev–Trinajstić information content (AvgIpc) is 2.28. The number of aromatic nitrogens is 1. The smallest absolute Gasteiger partial charge is 0.494 e. The summed E-state index contributed by atoms with van der Waals surface area (Å²) < 4.78 is 57.5. The first-order valence-corrected chi connectivity index (χ1v) is 4.86. The van der Waals surface area contributed by atoms with Gasteiger partial charge in [0.05, 0.1) is 25.3 Å². The molecule has 0 aliphatic carbocycles. The largest absolute Gasteiger partial charge is 0.573 e. The van der Waals surface area contributed by atoms with Crippen molar-refractivity contribution in [2.24, 2.45) is 0 Å². The van der Waals surface area contributed by atoms with E-state index < -0.39 is 36.7 Å². The molecular weight excluding hydrogens is 274 g/mol. The van der Waals surface area contributed by atoms with Crippen LogP contribution in [0.3, 0.4) is 0 Å². The van der Waals surface area contributed by atoms with Gasteiger partial charge in [-0.1, -0.05) is 0 Å². The Morgan fingerprint density at radius 2 is 2.11 bits per heavy atom. The van der Waals surface area contributed by atoms with E-state index >= 15 is 0 Å². The van der Waals surface area contributed by atoms with Crippen LogP contribution in [-0.2, 0) is 17.9 Å². The molecule has 0 aliphatic rings. The summed E-state index contributed by atoms with van der Waals surface area (Å²) in [6.45, 7) is -1.11. The number of alkyl halides is 4. The Balaban J connectivity index is 3.33. The molecule has 1 aromatic rings. The fourth-order valence-electron chi connectivity index (χ4n) is 1.43. The molecule has 0 bridgehead atoms. The van der Waals surface area contributed by atoms with Crippen LogP contribution in [0.4, 0.5) is 17.6 Å². The van der Waals surface area contributed by atoms with E-state index in [0.29, 0.717) is 6.20 Å². The van der Waals surface area contributed by atoms with Crippen molar-refractivity contribution in [3.05, 3.63) is 17.5 Å². The summed E-state index contributed by atoms with van der Waals surface area (Å²) in [6, 6.07) is 0. The van der Waals surface area contributed by atoms with Crippen LogP contribution in [-0.4, -0.2) is 29.5 Å². The highest BCUT2D eigenvalue weighted by Crippen LogP contribution is 2.34. The van der Waals surface area contributed by atoms with Crippen LogP contribution in [0.25, 0.3) is 0 Å². The van der Waals surface area contributed by atoms with Crippen molar-refractivity contribution in [1.82, 2.24) is 4.98 Å². The normalized spacial score (nSPS) is 11.2. The van der Waals surface area contributed by atoms with Crippen LogP contribution < -0.4 is 9.47 Å². The standard InChI is InChI=1S/C10H9F4NO4/c1-18-9-5(2-8(16)17)7(19-10(12,13)14)4-15-6(9)3-11/h4H,2-3H2,1H3,(H,16,17). The number of halogens is 4. The summed E-state index contributed by atoms with van der Waals surface area (Å²) in [5.74, 6) is -2.61. The quantitative estimate of drug-likeness (QED) is 0.838. The minimum atomic E-state index is -5.02. The highest BCUT2D eigenvalue weighted by molar-refractivity contribution is 5.73. The van der Waals surface area contributed by atoms with Gasteiger partial charge in [0, 0.05) is 0 Å². The zero-order chi connectivity index (χ0) is 14.6. The van der Waals surface area contributed by atoms with E-state index in [1.54, 1.807) is 0 Å². The summed E-state index contributed by atoms with van der Waals surface area (Å²) in [4.78, 5) is 14.0. The van der Waals surface area contributed by atoms with Crippen LogP contribution in [0.1, 0.15) is 11.3 Å². The molecule has 1 N–H and O–H groups in total. The highest BCUT2D eigenvalue weighted by Gasteiger charge is 2.33. The predicted molar refractivity (Wildman–Crippen MR) is 53.6 cm³/mol. The van der Waals surface area contributed by atoms with E-state index in [1.165, 1.54) is 0 Å². The second kappa shape index (κ2) is 5.72. The van der Waals surface area contributed by atoms with E-state index in [-0.39, 0.29) is 11.4 Å². The Hall–Kier alpha value is -2.06. The molecule has 0 amide bonds. The van der Waals surface area contributed by atoms with Gasteiger partial charge in [-0.2, -0.15) is 0 Å². The van der Waals surface area contributed by atoms with Gasteiger partial charge in [-0.05, 0) is 0 Å². The van der Waals surface area contributed by atoms with E-state index in [9.17, 15) is 22.4 Å². The molecule has 5 nitrogen and oxygen atoms in total. The van der Waals surface area contributed by atoms with Crippen molar-refractivity contribution in [2.75, 3.05) is 7.11 Å². The number of carboxylic acid groups (broad SMARTS) is 1. The Bertz CT molecular complexity index is 475. The number of ether oxygens (including phenoxy) is 2. The minimum absolute atomic E-state index is 0.298. The van der Waals surface area contributed by atoms with Crippen LogP contribution in [0.5, 0.6) is 11.5 Å². The maximum absolute atomic E-state index is 12.6. The number of carboxylic acids is 1. The first-order valence-electron chi connectivity index (χ1n) is 4.86. The van der Waals surface area contributed by atoms with Crippen LogP contribution in [0, 0.1) is 0 Å². The van der Waals surface area contributed by atoms with Crippen LogP contribution >= 0.6 is 0 Å². The number of nitrogens with zero attached hydrogens (tertiary/aromatic N) is 1. The van der Waals surface area contributed by atoms with Gasteiger partial charge < -0.3 is 14.6 Å². The molecule has 0 spiro atoms. The lowest BCUT2D eigenvalue weighted by molar-refractivity contribution is -0.275. The van der Waals surface area contributed by atoms with Gasteiger partial charge >= 0.3 is 12.3 Å². The first-order chi connectivity index (χ1) is 8.78. The molecule has 1 aromatic heterocycles. The number of rotatable bonds is 5. The summed E-state index contributed by atoms with van der Waals surface area (Å²) in [6.07, 6.45) is -5.22. The van der Waals surface area contributed by atoms with E-state index in [1.807, 2.05) is 0 Å². The zero-order valence-corrected chi connectivity index (χ0v) is 9.62. The van der Waals surface area contributed by atoms with Gasteiger partial charge in [0.2, 0.25) is 0 Å². The van der Waals surface area contributed by atoms with Crippen LogP contribution in [0.2, 0.25) is 0 Å². The van der Waals surface area contributed by atoms with Gasteiger partial charge in [-0.3, -0.25) is 9.78 Å². The molecule has 0 fully saturated rings. The summed E-state index contributed by atoms with van der Waals surface area (Å²) >= 11 is 0. The average molecular weight is 283 g/mol. The maximum atomic E-state index is 12.6. The summed E-state index contributed by atoms with van der Waals surface area (Å²) in [7, 11) is 1.07. The molecule has 0 atom stereocenters. The molecule has 106 valence electrons. The van der Waals surface area contributed by atoms with E-state index in [2.05, 4.69) is 9.72 Å². The van der Waals surface area contributed by atoms with Crippen molar-refractivity contribution < 1.29 is 36.9 Å². The van der Waals surface area contributed by atoms with Gasteiger partial charge in [-0.15, -0.1) is 13.2 Å². The van der Waals surface area contributed by atoms with Gasteiger partial charge in [-0.25, -0.2) is 4.39 Å². The SMILES string of the molecule is COc1c(CF)ncc(OC(F)(F)F)c1CC(=O)O. The molecule has 19 heavy (non-hydrogen) atoms. The second-order valence-corrected chi connectivity index (χ2v) is 3.33. The lowest BCUT2D eigenvalue weighted by atomic mass is 10.1. The molecule has 0 aromatic carbocycles. The monoisotopic (exact) mass is 283 g/mol. The molecule has 0 saturated carbocycles. The summed E-state index contributed by atoms with van der Waals surface area (Å²) in [5.41, 5.74) is -0.719. The van der Waals surface area contributed by atoms with Crippen LogP contribution in [0.15, 0.2) is 6.20 Å². The Kier molecular flexibility index (Phi) is 4.52. The maximum Gasteiger partial charge on any atom is 0.573 e. The van der Waals surface area contributed by atoms with Crippen molar-refractivity contribution in [3.63, 3.8) is 0 Å². The molecule has 1 heterocycles. The van der Waals surface area contributed by atoms with Gasteiger partial charge in [0.25, 0.3) is 0 Å². The highest BCUT2D eigenvalue weighted by atomic mass is 19.4. The second-order valence-electron chi connectivity index (χ2n) is 3.33. The van der Waals surface area contributed by atoms with E-state index in [4.69, 9.17) is 9.84 Å². The summed E-state index contributed by atoms with van der Waals surface area (Å²) in [5, 5.41) is 8.67. The molecule has 1 rings (SSSR count). The van der Waals surface area contributed by atoms with Crippen molar-refractivity contribution >= 4 is 5.97 Å². The number of carbonyl (C=O) groups is 1. The van der Waals surface area contributed by atoms with Gasteiger partial charge in [0.15, 0.2) is 11.5 Å². The third-order valence-electron chi connectivity index (χ3n) is 2.06. The zero-order valence-electron chi connectivity index (χ0n) is 9.62. The number of hydrogen-bond donors (Lipinski definition) is 1. The minimum Gasteiger partial charge on any atom is -0.494 e. The number of methoxy groups -OCH3 is 1. The van der Waals surface area contributed by atoms with E-state index in [0.717, 1.165) is 7.11 Å². The molecule has 0 unspecified atom stereocenters. The fourth-order valence-corrected chi connectivity index (χ4v) is 1.43. The molecule has 0 radical (unpaired) electrons. The molecule has 9 heteroatoms. The molecular formula is C10H9F4NO4. The van der Waals surface area contributed by atoms with Gasteiger partial charge in [0.1, 0.15) is 12.4 Å². The number of aliphatic carboxylic acids is 1. The number of hydrogen-bond acceptors (Lipinski definition) is 4. The lowest BCUT2D eigenvalue weighted by Crippen LogP contribution is -2.19. The number of pyridine rings is 1. The third kappa shape index (κ3) is 3.97. The topological polar surface area (TPSA) is 68.7 Å². The Labute approximate surface area is 104 Å². The first kappa shape index (κ1) is 15.0. The van der Waals surface area contributed by atoms with Crippen molar-refractivity contribution in [1.29, 1.82) is 0 Å². The molecule has 0 aliphatic heterocycles. The van der Waals surface area contributed by atoms with Crippen molar-refractivity contribution in [2.45, 2.75) is 19.5 Å². The lowest BCUT2D eigenvalue weighted by Gasteiger charge is -2.16. The fraction of sp³-hybridized carbons (Fsp3) is 0.400. The molecule has 0 saturated heterocycles. The van der Waals surface area contributed by atoms with Crippen molar-refractivity contribution in [3.8, 4) is 11.5 Å². The Morgan fingerprint density at radius 3 is 2.53 bits per heavy atom.